The number of carbonyl (C=O) groups is 1. The summed E-state index contributed by atoms with van der Waals surface area (Å²) in [6.07, 6.45) is 0. The number of carbonyl (C=O) groups excluding carboxylic acids is 1. The van der Waals surface area contributed by atoms with Gasteiger partial charge < -0.3 is 9.73 Å². The Kier molecular flexibility index (Phi) is 3.47. The number of fused-ring (bicyclic) bond motifs is 1. The average Bonchev–Trinajstić information content (AvgIpc) is 2.48. The normalized spacial score (nSPS) is 10.6. The van der Waals surface area contributed by atoms with E-state index in [-0.39, 0.29) is 16.9 Å². The van der Waals surface area contributed by atoms with Crippen LogP contribution in [-0.2, 0) is 0 Å². The quantitative estimate of drug-likeness (QED) is 0.787. The molecule has 0 aliphatic carbocycles. The van der Waals surface area contributed by atoms with Crippen molar-refractivity contribution in [2.45, 2.75) is 6.92 Å². The molecule has 0 saturated heterocycles. The van der Waals surface area contributed by atoms with Gasteiger partial charge in [-0.3, -0.25) is 9.59 Å². The predicted molar refractivity (Wildman–Crippen MR) is 81.6 cm³/mol. The van der Waals surface area contributed by atoms with E-state index in [9.17, 15) is 14.0 Å². The zero-order chi connectivity index (χ0) is 15.7. The lowest BCUT2D eigenvalue weighted by atomic mass is 10.1. The highest BCUT2D eigenvalue weighted by molar-refractivity contribution is 6.02. The summed E-state index contributed by atoms with van der Waals surface area (Å²) in [7, 11) is 0. The van der Waals surface area contributed by atoms with Gasteiger partial charge in [0.05, 0.1) is 5.39 Å². The summed E-state index contributed by atoms with van der Waals surface area (Å²) in [4.78, 5) is 24.2. The van der Waals surface area contributed by atoms with Crippen LogP contribution in [0.4, 0.5) is 10.1 Å². The maximum absolute atomic E-state index is 13.1. The van der Waals surface area contributed by atoms with E-state index in [4.69, 9.17) is 4.42 Å². The Hall–Kier alpha value is -2.95. The molecular weight excluding hydrogens is 285 g/mol. The van der Waals surface area contributed by atoms with Crippen molar-refractivity contribution in [3.63, 3.8) is 0 Å². The van der Waals surface area contributed by atoms with Gasteiger partial charge in [-0.15, -0.1) is 0 Å². The van der Waals surface area contributed by atoms with Gasteiger partial charge in [-0.1, -0.05) is 17.7 Å². The number of hydrogen-bond acceptors (Lipinski definition) is 3. The van der Waals surface area contributed by atoms with Gasteiger partial charge in [-0.05, 0) is 37.3 Å². The molecule has 0 unspecified atom stereocenters. The van der Waals surface area contributed by atoms with Crippen LogP contribution < -0.4 is 10.7 Å². The van der Waals surface area contributed by atoms with E-state index in [0.29, 0.717) is 11.0 Å². The Morgan fingerprint density at radius 3 is 2.73 bits per heavy atom. The summed E-state index contributed by atoms with van der Waals surface area (Å²) in [5, 5.41) is 2.91. The topological polar surface area (TPSA) is 59.3 Å². The minimum Gasteiger partial charge on any atom is -0.451 e. The third kappa shape index (κ3) is 2.74. The number of rotatable bonds is 2. The molecule has 1 amide bonds. The first kappa shape index (κ1) is 14.0. The minimum absolute atomic E-state index is 0.120. The van der Waals surface area contributed by atoms with Crippen molar-refractivity contribution in [3.05, 3.63) is 75.9 Å². The molecular formula is C17H12FNO3. The molecule has 1 heterocycles. The van der Waals surface area contributed by atoms with Crippen LogP contribution in [0.15, 0.2) is 57.7 Å². The van der Waals surface area contributed by atoms with Crippen LogP contribution in [0, 0.1) is 12.7 Å². The van der Waals surface area contributed by atoms with Crippen molar-refractivity contribution >= 4 is 22.6 Å². The molecule has 1 aromatic heterocycles. The summed E-state index contributed by atoms with van der Waals surface area (Å²) in [5.41, 5.74) is 1.25. The van der Waals surface area contributed by atoms with Crippen LogP contribution in [0.5, 0.6) is 0 Å². The van der Waals surface area contributed by atoms with E-state index in [2.05, 4.69) is 5.32 Å². The van der Waals surface area contributed by atoms with Gasteiger partial charge >= 0.3 is 0 Å². The second-order valence-corrected chi connectivity index (χ2v) is 4.94. The fourth-order valence-electron chi connectivity index (χ4n) is 2.14. The first-order valence-corrected chi connectivity index (χ1v) is 6.64. The monoisotopic (exact) mass is 297 g/mol. The molecule has 3 rings (SSSR count). The van der Waals surface area contributed by atoms with Gasteiger partial charge in [0.1, 0.15) is 11.4 Å². The van der Waals surface area contributed by atoms with Gasteiger partial charge in [0, 0.05) is 11.8 Å². The summed E-state index contributed by atoms with van der Waals surface area (Å²) in [5.74, 6) is -1.19. The van der Waals surface area contributed by atoms with Crippen LogP contribution in [0.1, 0.15) is 16.1 Å². The maximum atomic E-state index is 13.1. The van der Waals surface area contributed by atoms with Gasteiger partial charge in [-0.2, -0.15) is 0 Å². The number of nitrogens with one attached hydrogen (secondary N) is 1. The number of benzene rings is 2. The highest BCUT2D eigenvalue weighted by Gasteiger charge is 2.13. The molecule has 0 fully saturated rings. The average molecular weight is 297 g/mol. The molecule has 4 nitrogen and oxygen atoms in total. The molecule has 0 spiro atoms. The van der Waals surface area contributed by atoms with Crippen molar-refractivity contribution < 1.29 is 13.6 Å². The highest BCUT2D eigenvalue weighted by Crippen LogP contribution is 2.16. The van der Waals surface area contributed by atoms with Crippen LogP contribution >= 0.6 is 0 Å². The van der Waals surface area contributed by atoms with Crippen molar-refractivity contribution in [1.29, 1.82) is 0 Å². The lowest BCUT2D eigenvalue weighted by Crippen LogP contribution is -2.15. The van der Waals surface area contributed by atoms with Gasteiger partial charge in [-0.25, -0.2) is 4.39 Å². The van der Waals surface area contributed by atoms with E-state index >= 15 is 0 Å². The molecule has 110 valence electrons. The molecule has 22 heavy (non-hydrogen) atoms. The van der Waals surface area contributed by atoms with Gasteiger partial charge in [0.25, 0.3) is 5.91 Å². The number of aryl methyl sites for hydroxylation is 1. The Labute approximate surface area is 125 Å². The van der Waals surface area contributed by atoms with Crippen molar-refractivity contribution in [1.82, 2.24) is 0 Å². The number of hydrogen-bond donors (Lipinski definition) is 1. The van der Waals surface area contributed by atoms with Gasteiger partial charge in [0.15, 0.2) is 11.2 Å². The summed E-state index contributed by atoms with van der Waals surface area (Å²) < 4.78 is 18.6. The highest BCUT2D eigenvalue weighted by atomic mass is 19.1. The molecule has 0 aliphatic heterocycles. The van der Waals surface area contributed by atoms with Crippen LogP contribution in [0.2, 0.25) is 0 Å². The molecule has 1 N–H and O–H groups in total. The van der Waals surface area contributed by atoms with Crippen molar-refractivity contribution in [2.75, 3.05) is 5.32 Å². The van der Waals surface area contributed by atoms with Crippen molar-refractivity contribution in [3.8, 4) is 0 Å². The Morgan fingerprint density at radius 1 is 1.14 bits per heavy atom. The third-order valence-corrected chi connectivity index (χ3v) is 3.19. The van der Waals surface area contributed by atoms with E-state index in [1.807, 2.05) is 6.92 Å². The first-order chi connectivity index (χ1) is 10.5. The second-order valence-electron chi connectivity index (χ2n) is 4.94. The Balaban J connectivity index is 1.98. The number of halogens is 1. The van der Waals surface area contributed by atoms with Crippen LogP contribution in [0.25, 0.3) is 11.0 Å². The predicted octanol–water partition coefficient (Wildman–Crippen LogP) is 3.49. The van der Waals surface area contributed by atoms with E-state index in [1.54, 1.807) is 24.3 Å². The minimum atomic E-state index is -0.606. The first-order valence-electron chi connectivity index (χ1n) is 6.64. The molecule has 0 aliphatic rings. The zero-order valence-corrected chi connectivity index (χ0v) is 11.7. The lowest BCUT2D eigenvalue weighted by molar-refractivity contribution is 0.0997. The molecule has 5 heteroatoms. The molecule has 0 saturated carbocycles. The van der Waals surface area contributed by atoms with Gasteiger partial charge in [0.2, 0.25) is 0 Å². The largest absolute Gasteiger partial charge is 0.451 e. The summed E-state index contributed by atoms with van der Waals surface area (Å²) in [6.45, 7) is 1.86. The third-order valence-electron chi connectivity index (χ3n) is 3.19. The van der Waals surface area contributed by atoms with E-state index in [0.717, 1.165) is 11.6 Å². The number of anilines is 1. The smallest absolute Gasteiger partial charge is 0.291 e. The Morgan fingerprint density at radius 2 is 1.95 bits per heavy atom. The SMILES string of the molecule is Cc1ccc2oc(C(=O)Nc3cccc(F)c3)cc(=O)c2c1. The fourth-order valence-corrected chi connectivity index (χ4v) is 2.14. The lowest BCUT2D eigenvalue weighted by Gasteiger charge is -2.06. The fraction of sp³-hybridized carbons (Fsp3) is 0.0588. The summed E-state index contributed by atoms with van der Waals surface area (Å²) >= 11 is 0. The summed E-state index contributed by atoms with van der Waals surface area (Å²) in [6, 6.07) is 11.7. The second kappa shape index (κ2) is 5.44. The van der Waals surface area contributed by atoms with E-state index in [1.165, 1.54) is 18.2 Å². The molecule has 0 bridgehead atoms. The van der Waals surface area contributed by atoms with E-state index < -0.39 is 11.7 Å². The van der Waals surface area contributed by atoms with Crippen LogP contribution in [-0.4, -0.2) is 5.91 Å². The molecule has 0 radical (unpaired) electrons. The van der Waals surface area contributed by atoms with Crippen LogP contribution in [0.3, 0.4) is 0 Å². The maximum Gasteiger partial charge on any atom is 0.291 e. The zero-order valence-electron chi connectivity index (χ0n) is 11.7. The Bertz CT molecular complexity index is 931. The number of amides is 1. The molecule has 3 aromatic rings. The molecule has 2 aromatic carbocycles. The standard InChI is InChI=1S/C17H12FNO3/c1-10-5-6-15-13(7-10)14(20)9-16(22-15)17(21)19-12-4-2-3-11(18)8-12/h2-9H,1H3,(H,19,21). The van der Waals surface area contributed by atoms with Crippen molar-refractivity contribution in [2.24, 2.45) is 0 Å². The molecule has 0 atom stereocenters.